The standard InChI is InChI=1S/C10H19Cl/c1-5-6-7-8-9(11)10(2,3)4/h5,9H,1,6-8H2,2-4H3. The molecule has 0 N–H and O–H groups in total. The zero-order chi connectivity index (χ0) is 8.91. The van der Waals surface area contributed by atoms with Crippen LogP contribution in [-0.4, -0.2) is 5.38 Å². The van der Waals surface area contributed by atoms with Gasteiger partial charge in [-0.05, 0) is 24.7 Å². The molecule has 1 atom stereocenters. The van der Waals surface area contributed by atoms with Crippen LogP contribution in [0.1, 0.15) is 40.0 Å². The van der Waals surface area contributed by atoms with Gasteiger partial charge in [-0.3, -0.25) is 0 Å². The molecular weight excluding hydrogens is 156 g/mol. The van der Waals surface area contributed by atoms with Crippen LogP contribution in [0.15, 0.2) is 12.7 Å². The van der Waals surface area contributed by atoms with Crippen LogP contribution in [0.2, 0.25) is 0 Å². The van der Waals surface area contributed by atoms with Gasteiger partial charge in [-0.1, -0.05) is 26.8 Å². The monoisotopic (exact) mass is 174 g/mol. The molecule has 1 unspecified atom stereocenters. The first-order valence-corrected chi connectivity index (χ1v) is 4.67. The van der Waals surface area contributed by atoms with Gasteiger partial charge in [-0.15, -0.1) is 18.2 Å². The molecule has 0 bridgehead atoms. The molecule has 0 saturated heterocycles. The number of hydrogen-bond donors (Lipinski definition) is 0. The molecule has 0 aromatic carbocycles. The first-order chi connectivity index (χ1) is 4.98. The number of alkyl halides is 1. The minimum absolute atomic E-state index is 0.239. The zero-order valence-corrected chi connectivity index (χ0v) is 8.62. The van der Waals surface area contributed by atoms with Crippen molar-refractivity contribution in [2.45, 2.75) is 45.4 Å². The van der Waals surface area contributed by atoms with E-state index in [9.17, 15) is 0 Å². The molecule has 0 aromatic rings. The first kappa shape index (κ1) is 11.0. The molecule has 0 aliphatic carbocycles. The summed E-state index contributed by atoms with van der Waals surface area (Å²) in [6.07, 6.45) is 5.29. The van der Waals surface area contributed by atoms with Crippen molar-refractivity contribution in [3.05, 3.63) is 12.7 Å². The van der Waals surface area contributed by atoms with Crippen LogP contribution in [0.5, 0.6) is 0 Å². The normalized spacial score (nSPS) is 14.5. The highest BCUT2D eigenvalue weighted by molar-refractivity contribution is 6.21. The van der Waals surface area contributed by atoms with Gasteiger partial charge in [0, 0.05) is 5.38 Å². The fraction of sp³-hybridized carbons (Fsp3) is 0.800. The molecule has 0 aromatic heterocycles. The summed E-state index contributed by atoms with van der Waals surface area (Å²) in [5.41, 5.74) is 0.239. The van der Waals surface area contributed by atoms with Crippen molar-refractivity contribution in [2.24, 2.45) is 5.41 Å². The van der Waals surface area contributed by atoms with Crippen molar-refractivity contribution in [3.8, 4) is 0 Å². The van der Waals surface area contributed by atoms with Gasteiger partial charge in [0.2, 0.25) is 0 Å². The highest BCUT2D eigenvalue weighted by Crippen LogP contribution is 2.28. The smallest absolute Gasteiger partial charge is 0.0384 e. The summed E-state index contributed by atoms with van der Waals surface area (Å²) in [6.45, 7) is 10.2. The van der Waals surface area contributed by atoms with Crippen molar-refractivity contribution in [1.82, 2.24) is 0 Å². The van der Waals surface area contributed by atoms with Crippen molar-refractivity contribution < 1.29 is 0 Å². The van der Waals surface area contributed by atoms with Crippen molar-refractivity contribution in [1.29, 1.82) is 0 Å². The average molecular weight is 175 g/mol. The molecule has 0 nitrogen and oxygen atoms in total. The number of unbranched alkanes of at least 4 members (excludes halogenated alkanes) is 1. The first-order valence-electron chi connectivity index (χ1n) is 4.23. The third-order valence-corrected chi connectivity index (χ3v) is 2.68. The van der Waals surface area contributed by atoms with Gasteiger partial charge < -0.3 is 0 Å². The second kappa shape index (κ2) is 4.82. The molecule has 11 heavy (non-hydrogen) atoms. The highest BCUT2D eigenvalue weighted by atomic mass is 35.5. The second-order valence-corrected chi connectivity index (χ2v) is 4.58. The van der Waals surface area contributed by atoms with Crippen molar-refractivity contribution in [3.63, 3.8) is 0 Å². The largest absolute Gasteiger partial charge is 0.122 e. The molecule has 0 heterocycles. The maximum absolute atomic E-state index is 6.16. The lowest BCUT2D eigenvalue weighted by Gasteiger charge is -2.24. The molecule has 1 heteroatoms. The fourth-order valence-corrected chi connectivity index (χ4v) is 1.03. The quantitative estimate of drug-likeness (QED) is 0.344. The number of rotatable bonds is 4. The maximum Gasteiger partial charge on any atom is 0.0384 e. The van der Waals surface area contributed by atoms with E-state index in [2.05, 4.69) is 27.4 Å². The van der Waals surface area contributed by atoms with Gasteiger partial charge in [0.1, 0.15) is 0 Å². The number of halogens is 1. The summed E-state index contributed by atoms with van der Waals surface area (Å²) in [7, 11) is 0. The molecule has 0 rings (SSSR count). The Balaban J connectivity index is 3.52. The third kappa shape index (κ3) is 5.32. The van der Waals surface area contributed by atoms with Crippen molar-refractivity contribution in [2.75, 3.05) is 0 Å². The molecule has 66 valence electrons. The summed E-state index contributed by atoms with van der Waals surface area (Å²) in [5.74, 6) is 0. The van der Waals surface area contributed by atoms with Gasteiger partial charge in [0.05, 0.1) is 0 Å². The lowest BCUT2D eigenvalue weighted by Crippen LogP contribution is -2.20. The van der Waals surface area contributed by atoms with Crippen LogP contribution in [0.3, 0.4) is 0 Å². The molecule has 0 fully saturated rings. The van der Waals surface area contributed by atoms with E-state index >= 15 is 0 Å². The Kier molecular flexibility index (Phi) is 4.83. The van der Waals surface area contributed by atoms with Crippen LogP contribution in [0.4, 0.5) is 0 Å². The third-order valence-electron chi connectivity index (χ3n) is 1.81. The summed E-state index contributed by atoms with van der Waals surface area (Å²) in [4.78, 5) is 0. The van der Waals surface area contributed by atoms with E-state index in [0.717, 1.165) is 19.3 Å². The van der Waals surface area contributed by atoms with Gasteiger partial charge >= 0.3 is 0 Å². The maximum atomic E-state index is 6.16. The Hall–Kier alpha value is 0.0300. The summed E-state index contributed by atoms with van der Waals surface area (Å²) in [6, 6.07) is 0. The minimum atomic E-state index is 0.239. The van der Waals surface area contributed by atoms with E-state index in [4.69, 9.17) is 11.6 Å². The zero-order valence-electron chi connectivity index (χ0n) is 7.86. The van der Waals surface area contributed by atoms with E-state index in [0.29, 0.717) is 5.38 Å². The SMILES string of the molecule is C=CCCCC(Cl)C(C)(C)C. The topological polar surface area (TPSA) is 0 Å². The predicted octanol–water partition coefficient (Wildman–Crippen LogP) is 4.00. The Labute approximate surface area is 75.6 Å². The summed E-state index contributed by atoms with van der Waals surface area (Å²) < 4.78 is 0. The van der Waals surface area contributed by atoms with E-state index in [1.165, 1.54) is 0 Å². The lowest BCUT2D eigenvalue weighted by atomic mass is 9.89. The van der Waals surface area contributed by atoms with Crippen LogP contribution in [0, 0.1) is 5.41 Å². The highest BCUT2D eigenvalue weighted by Gasteiger charge is 2.20. The summed E-state index contributed by atoms with van der Waals surface area (Å²) in [5, 5.41) is 0.294. The minimum Gasteiger partial charge on any atom is -0.122 e. The van der Waals surface area contributed by atoms with E-state index in [1.54, 1.807) is 0 Å². The van der Waals surface area contributed by atoms with Crippen LogP contribution in [-0.2, 0) is 0 Å². The van der Waals surface area contributed by atoms with Crippen LogP contribution >= 0.6 is 11.6 Å². The lowest BCUT2D eigenvalue weighted by molar-refractivity contribution is 0.369. The molecule has 0 aliphatic rings. The van der Waals surface area contributed by atoms with E-state index in [1.807, 2.05) is 6.08 Å². The van der Waals surface area contributed by atoms with Crippen molar-refractivity contribution >= 4 is 11.6 Å². The Morgan fingerprint density at radius 3 is 2.36 bits per heavy atom. The van der Waals surface area contributed by atoms with E-state index < -0.39 is 0 Å². The predicted molar refractivity (Wildman–Crippen MR) is 53.1 cm³/mol. The molecule has 0 spiro atoms. The molecular formula is C10H19Cl. The number of hydrogen-bond acceptors (Lipinski definition) is 0. The van der Waals surface area contributed by atoms with Crippen LogP contribution < -0.4 is 0 Å². The Morgan fingerprint density at radius 1 is 1.45 bits per heavy atom. The molecule has 0 amide bonds. The van der Waals surface area contributed by atoms with Gasteiger partial charge in [-0.25, -0.2) is 0 Å². The summed E-state index contributed by atoms with van der Waals surface area (Å²) >= 11 is 6.16. The number of allylic oxidation sites excluding steroid dienone is 1. The van der Waals surface area contributed by atoms with E-state index in [-0.39, 0.29) is 5.41 Å². The average Bonchev–Trinajstić information content (AvgIpc) is 1.86. The molecule has 0 aliphatic heterocycles. The van der Waals surface area contributed by atoms with Gasteiger partial charge in [0.25, 0.3) is 0 Å². The second-order valence-electron chi connectivity index (χ2n) is 4.05. The van der Waals surface area contributed by atoms with Crippen LogP contribution in [0.25, 0.3) is 0 Å². The Morgan fingerprint density at radius 2 is 2.00 bits per heavy atom. The fourth-order valence-electron chi connectivity index (χ4n) is 0.874. The molecule has 0 radical (unpaired) electrons. The Bertz CT molecular complexity index is 111. The van der Waals surface area contributed by atoms with Gasteiger partial charge in [0.15, 0.2) is 0 Å². The van der Waals surface area contributed by atoms with Gasteiger partial charge in [-0.2, -0.15) is 0 Å². The molecule has 0 saturated carbocycles.